The second kappa shape index (κ2) is 4.72. The van der Waals surface area contributed by atoms with Crippen LogP contribution in [0.15, 0.2) is 12.3 Å². The van der Waals surface area contributed by atoms with E-state index in [-0.39, 0.29) is 16.5 Å². The Bertz CT molecular complexity index is 365. The molecule has 0 bridgehead atoms. The number of hydrogen-bond acceptors (Lipinski definition) is 3. The quantitative estimate of drug-likeness (QED) is 0.782. The highest BCUT2D eigenvalue weighted by Gasteiger charge is 2.08. The van der Waals surface area contributed by atoms with Gasteiger partial charge in [-0.15, -0.1) is 0 Å². The predicted molar refractivity (Wildman–Crippen MR) is 45.5 cm³/mol. The minimum absolute atomic E-state index is 0.0460. The van der Waals surface area contributed by atoms with Crippen molar-refractivity contribution in [1.29, 1.82) is 5.26 Å². The van der Waals surface area contributed by atoms with Crippen LogP contribution in [0, 0.1) is 11.3 Å². The Balaban J connectivity index is 2.75. The summed E-state index contributed by atoms with van der Waals surface area (Å²) in [6, 6.07) is 3.11. The molecule has 0 radical (unpaired) electrons. The van der Waals surface area contributed by atoms with E-state index in [4.69, 9.17) is 16.9 Å². The van der Waals surface area contributed by atoms with E-state index in [0.717, 1.165) is 0 Å². The zero-order valence-electron chi connectivity index (χ0n) is 6.88. The van der Waals surface area contributed by atoms with Gasteiger partial charge in [0, 0.05) is 6.20 Å². The van der Waals surface area contributed by atoms with Crippen molar-refractivity contribution in [2.24, 2.45) is 0 Å². The fourth-order valence-corrected chi connectivity index (χ4v) is 0.956. The minimum Gasteiger partial charge on any atom is -0.471 e. The third-order valence-electron chi connectivity index (χ3n) is 1.28. The van der Waals surface area contributed by atoms with E-state index < -0.39 is 13.0 Å². The topological polar surface area (TPSA) is 45.9 Å². The van der Waals surface area contributed by atoms with E-state index >= 15 is 0 Å². The van der Waals surface area contributed by atoms with Crippen molar-refractivity contribution in [3.05, 3.63) is 22.8 Å². The zero-order valence-corrected chi connectivity index (χ0v) is 7.63. The Kier molecular flexibility index (Phi) is 3.60. The van der Waals surface area contributed by atoms with Gasteiger partial charge in [0.15, 0.2) is 6.61 Å². The number of nitrogens with zero attached hydrogens (tertiary/aromatic N) is 2. The van der Waals surface area contributed by atoms with Crippen LogP contribution < -0.4 is 4.74 Å². The van der Waals surface area contributed by atoms with E-state index in [1.54, 1.807) is 0 Å². The maximum Gasteiger partial charge on any atom is 0.272 e. The van der Waals surface area contributed by atoms with E-state index in [1.807, 2.05) is 6.07 Å². The number of hydrogen-bond donors (Lipinski definition) is 0. The Morgan fingerprint density at radius 3 is 2.86 bits per heavy atom. The number of rotatable bonds is 3. The number of halogens is 3. The van der Waals surface area contributed by atoms with Crippen LogP contribution in [0.4, 0.5) is 8.78 Å². The first-order valence-corrected chi connectivity index (χ1v) is 3.98. The summed E-state index contributed by atoms with van der Waals surface area (Å²) in [5.41, 5.74) is 0.249. The van der Waals surface area contributed by atoms with Gasteiger partial charge in [-0.05, 0) is 6.07 Å². The summed E-state index contributed by atoms with van der Waals surface area (Å²) in [4.78, 5) is 3.61. The molecule has 1 rings (SSSR count). The molecular formula is C8H5ClF2N2O. The molecule has 0 spiro atoms. The van der Waals surface area contributed by atoms with Gasteiger partial charge in [0.1, 0.15) is 11.1 Å². The lowest BCUT2D eigenvalue weighted by molar-refractivity contribution is 0.0796. The Morgan fingerprint density at radius 1 is 1.64 bits per heavy atom. The summed E-state index contributed by atoms with van der Waals surface area (Å²) in [6.07, 6.45) is -1.38. The van der Waals surface area contributed by atoms with Gasteiger partial charge in [0.05, 0.1) is 5.56 Å². The van der Waals surface area contributed by atoms with Gasteiger partial charge < -0.3 is 4.74 Å². The second-order valence-corrected chi connectivity index (χ2v) is 2.73. The predicted octanol–water partition coefficient (Wildman–Crippen LogP) is 2.25. The van der Waals surface area contributed by atoms with Crippen LogP contribution in [0.3, 0.4) is 0 Å². The molecule has 0 aliphatic heterocycles. The lowest BCUT2D eigenvalue weighted by Gasteiger charge is -2.05. The van der Waals surface area contributed by atoms with Crippen molar-refractivity contribution in [3.8, 4) is 11.9 Å². The van der Waals surface area contributed by atoms with Gasteiger partial charge in [0.25, 0.3) is 6.43 Å². The van der Waals surface area contributed by atoms with Crippen LogP contribution in [0.5, 0.6) is 5.88 Å². The van der Waals surface area contributed by atoms with Crippen LogP contribution in [-0.4, -0.2) is 18.0 Å². The maximum absolute atomic E-state index is 11.7. The van der Waals surface area contributed by atoms with Gasteiger partial charge in [0.2, 0.25) is 5.88 Å². The van der Waals surface area contributed by atoms with Crippen molar-refractivity contribution < 1.29 is 13.5 Å². The van der Waals surface area contributed by atoms with Gasteiger partial charge >= 0.3 is 0 Å². The normalized spacial score (nSPS) is 9.93. The molecular weight excluding hydrogens is 214 g/mol. The molecule has 0 N–H and O–H groups in total. The average Bonchev–Trinajstić information content (AvgIpc) is 2.15. The Labute approximate surface area is 83.9 Å². The Morgan fingerprint density at radius 2 is 2.36 bits per heavy atom. The lowest BCUT2D eigenvalue weighted by atomic mass is 10.3. The first-order chi connectivity index (χ1) is 6.63. The minimum atomic E-state index is -2.58. The van der Waals surface area contributed by atoms with Crippen LogP contribution in [0.25, 0.3) is 0 Å². The number of pyridine rings is 1. The van der Waals surface area contributed by atoms with Gasteiger partial charge in [-0.1, -0.05) is 11.6 Å². The number of alkyl halides is 2. The second-order valence-electron chi connectivity index (χ2n) is 2.32. The standard InChI is InChI=1S/C8H5ClF2N2O/c9-6-1-5(2-12)3-13-8(6)14-4-7(10)11/h1,3,7H,4H2. The van der Waals surface area contributed by atoms with Crippen LogP contribution in [-0.2, 0) is 0 Å². The molecule has 0 saturated heterocycles. The molecule has 0 fully saturated rings. The van der Waals surface area contributed by atoms with E-state index in [9.17, 15) is 8.78 Å². The highest BCUT2D eigenvalue weighted by atomic mass is 35.5. The zero-order chi connectivity index (χ0) is 10.6. The summed E-state index contributed by atoms with van der Waals surface area (Å²) in [5.74, 6) is -0.0917. The fraction of sp³-hybridized carbons (Fsp3) is 0.250. The number of nitriles is 1. The molecule has 1 aromatic heterocycles. The molecule has 3 nitrogen and oxygen atoms in total. The first kappa shape index (κ1) is 10.7. The lowest BCUT2D eigenvalue weighted by Crippen LogP contribution is -2.08. The van der Waals surface area contributed by atoms with Gasteiger partial charge in [-0.3, -0.25) is 0 Å². The molecule has 74 valence electrons. The molecule has 0 atom stereocenters. The smallest absolute Gasteiger partial charge is 0.272 e. The largest absolute Gasteiger partial charge is 0.471 e. The van der Waals surface area contributed by atoms with Crippen LogP contribution in [0.1, 0.15) is 5.56 Å². The molecule has 0 saturated carbocycles. The molecule has 0 amide bonds. The van der Waals surface area contributed by atoms with E-state index in [0.29, 0.717) is 0 Å². The van der Waals surface area contributed by atoms with Crippen molar-refractivity contribution in [1.82, 2.24) is 4.98 Å². The molecule has 0 aromatic carbocycles. The molecule has 1 aromatic rings. The molecule has 0 unspecified atom stereocenters. The summed E-state index contributed by atoms with van der Waals surface area (Å²) in [5, 5.41) is 8.51. The molecule has 6 heteroatoms. The third-order valence-corrected chi connectivity index (χ3v) is 1.55. The number of ether oxygens (including phenoxy) is 1. The molecule has 14 heavy (non-hydrogen) atoms. The van der Waals surface area contributed by atoms with Crippen LogP contribution >= 0.6 is 11.6 Å². The van der Waals surface area contributed by atoms with Gasteiger partial charge in [-0.25, -0.2) is 13.8 Å². The first-order valence-electron chi connectivity index (χ1n) is 3.60. The van der Waals surface area contributed by atoms with E-state index in [1.165, 1.54) is 12.3 Å². The average molecular weight is 219 g/mol. The van der Waals surface area contributed by atoms with Crippen LogP contribution in [0.2, 0.25) is 5.02 Å². The summed E-state index contributed by atoms with van der Waals surface area (Å²) in [7, 11) is 0. The SMILES string of the molecule is N#Cc1cnc(OCC(F)F)c(Cl)c1. The monoisotopic (exact) mass is 218 g/mol. The van der Waals surface area contributed by atoms with Crippen molar-refractivity contribution >= 4 is 11.6 Å². The third kappa shape index (κ3) is 2.82. The Hall–Kier alpha value is -1.41. The van der Waals surface area contributed by atoms with Crippen molar-refractivity contribution in [3.63, 3.8) is 0 Å². The fourth-order valence-electron chi connectivity index (χ4n) is 0.735. The summed E-state index contributed by atoms with van der Waals surface area (Å²) in [6.45, 7) is -0.765. The highest BCUT2D eigenvalue weighted by molar-refractivity contribution is 6.31. The summed E-state index contributed by atoms with van der Waals surface area (Å²) < 4.78 is 28.1. The number of aromatic nitrogens is 1. The van der Waals surface area contributed by atoms with Gasteiger partial charge in [-0.2, -0.15) is 5.26 Å². The highest BCUT2D eigenvalue weighted by Crippen LogP contribution is 2.22. The van der Waals surface area contributed by atoms with Crippen molar-refractivity contribution in [2.75, 3.05) is 6.61 Å². The van der Waals surface area contributed by atoms with E-state index in [2.05, 4.69) is 9.72 Å². The summed E-state index contributed by atoms with van der Waals surface area (Å²) >= 11 is 5.61. The maximum atomic E-state index is 11.7. The molecule has 0 aliphatic carbocycles. The molecule has 1 heterocycles. The molecule has 0 aliphatic rings. The van der Waals surface area contributed by atoms with Crippen molar-refractivity contribution in [2.45, 2.75) is 6.43 Å².